The molecule has 0 aliphatic rings. The van der Waals surface area contributed by atoms with E-state index in [1.165, 1.54) is 6.08 Å². The summed E-state index contributed by atoms with van der Waals surface area (Å²) in [6.07, 6.45) is 7.75. The maximum absolute atomic E-state index is 12.0. The third-order valence-electron chi connectivity index (χ3n) is 3.03. The molecule has 0 amide bonds. The van der Waals surface area contributed by atoms with Crippen LogP contribution in [0, 0.1) is 11.3 Å². The first-order chi connectivity index (χ1) is 10.7. The van der Waals surface area contributed by atoms with Crippen molar-refractivity contribution in [1.29, 1.82) is 5.26 Å². The van der Waals surface area contributed by atoms with Gasteiger partial charge in [-0.1, -0.05) is 18.2 Å². The van der Waals surface area contributed by atoms with Gasteiger partial charge in [-0.05, 0) is 30.2 Å². The van der Waals surface area contributed by atoms with E-state index in [1.54, 1.807) is 30.1 Å². The summed E-state index contributed by atoms with van der Waals surface area (Å²) in [6, 6.07) is 9.55. The molecular formula is C17H17N3O2. The third-order valence-corrected chi connectivity index (χ3v) is 3.03. The molecule has 0 N–H and O–H groups in total. The van der Waals surface area contributed by atoms with Crippen LogP contribution in [0.3, 0.4) is 0 Å². The molecular weight excluding hydrogens is 278 g/mol. The largest absolute Gasteiger partial charge is 0.494 e. The molecule has 0 unspecified atom stereocenters. The Balaban J connectivity index is 1.98. The molecule has 22 heavy (non-hydrogen) atoms. The number of hydrogen-bond donors (Lipinski definition) is 0. The van der Waals surface area contributed by atoms with Crippen molar-refractivity contribution >= 4 is 11.9 Å². The molecule has 1 heterocycles. The van der Waals surface area contributed by atoms with Crippen molar-refractivity contribution in [2.45, 2.75) is 12.8 Å². The minimum Gasteiger partial charge on any atom is -0.494 e. The van der Waals surface area contributed by atoms with Gasteiger partial charge in [0.05, 0.1) is 12.7 Å². The molecule has 0 atom stereocenters. The van der Waals surface area contributed by atoms with Crippen LogP contribution in [0.5, 0.6) is 5.75 Å². The fourth-order valence-electron chi connectivity index (χ4n) is 1.90. The van der Waals surface area contributed by atoms with Gasteiger partial charge in [-0.2, -0.15) is 5.26 Å². The number of nitriles is 1. The van der Waals surface area contributed by atoms with E-state index in [0.717, 1.165) is 11.3 Å². The lowest BCUT2D eigenvalue weighted by molar-refractivity contribution is 0.103. The highest BCUT2D eigenvalue weighted by Gasteiger charge is 2.06. The van der Waals surface area contributed by atoms with Crippen LogP contribution < -0.4 is 4.74 Å². The zero-order valence-electron chi connectivity index (χ0n) is 12.4. The molecule has 0 saturated heterocycles. The number of ketones is 1. The van der Waals surface area contributed by atoms with Gasteiger partial charge < -0.3 is 9.30 Å². The van der Waals surface area contributed by atoms with Crippen LogP contribution in [0.25, 0.3) is 6.08 Å². The van der Waals surface area contributed by atoms with Crippen molar-refractivity contribution in [2.24, 2.45) is 7.05 Å². The Morgan fingerprint density at radius 1 is 1.50 bits per heavy atom. The summed E-state index contributed by atoms with van der Waals surface area (Å²) in [4.78, 5) is 16.0. The zero-order chi connectivity index (χ0) is 15.8. The van der Waals surface area contributed by atoms with Crippen molar-refractivity contribution < 1.29 is 9.53 Å². The van der Waals surface area contributed by atoms with Crippen molar-refractivity contribution in [1.82, 2.24) is 9.55 Å². The van der Waals surface area contributed by atoms with Crippen LogP contribution in [0.15, 0.2) is 42.7 Å². The second-order valence-electron chi connectivity index (χ2n) is 4.74. The number of hydrogen-bond acceptors (Lipinski definition) is 4. The lowest BCUT2D eigenvalue weighted by Crippen LogP contribution is -2.03. The normalized spacial score (nSPS) is 10.5. The van der Waals surface area contributed by atoms with Gasteiger partial charge in [0.1, 0.15) is 5.75 Å². The number of imidazole rings is 1. The van der Waals surface area contributed by atoms with E-state index in [4.69, 9.17) is 10.00 Å². The van der Waals surface area contributed by atoms with Gasteiger partial charge in [-0.15, -0.1) is 0 Å². The highest BCUT2D eigenvalue weighted by molar-refractivity contribution is 6.04. The lowest BCUT2D eigenvalue weighted by atomic mass is 10.2. The molecule has 0 spiro atoms. The van der Waals surface area contributed by atoms with Gasteiger partial charge in [0.2, 0.25) is 5.78 Å². The molecule has 0 bridgehead atoms. The van der Waals surface area contributed by atoms with E-state index in [9.17, 15) is 4.79 Å². The lowest BCUT2D eigenvalue weighted by Gasteiger charge is -2.05. The van der Waals surface area contributed by atoms with Crippen molar-refractivity contribution in [2.75, 3.05) is 6.61 Å². The molecule has 0 aliphatic carbocycles. The second kappa shape index (κ2) is 7.79. The first kappa shape index (κ1) is 15.5. The number of benzene rings is 1. The summed E-state index contributed by atoms with van der Waals surface area (Å²) in [5.74, 6) is 0.984. The summed E-state index contributed by atoms with van der Waals surface area (Å²) in [5.41, 5.74) is 0.875. The Labute approximate surface area is 129 Å². The molecule has 0 fully saturated rings. The minimum atomic E-state index is -0.146. The maximum Gasteiger partial charge on any atom is 0.221 e. The van der Waals surface area contributed by atoms with Crippen LogP contribution in [0.1, 0.15) is 29.0 Å². The summed E-state index contributed by atoms with van der Waals surface area (Å²) in [5, 5.41) is 8.47. The molecule has 2 rings (SSSR count). The first-order valence-corrected chi connectivity index (χ1v) is 7.00. The number of unbranched alkanes of at least 4 members (excludes halogenated alkanes) is 1. The number of rotatable bonds is 7. The Hall–Kier alpha value is -2.87. The highest BCUT2D eigenvalue weighted by Crippen LogP contribution is 2.15. The zero-order valence-corrected chi connectivity index (χ0v) is 12.4. The second-order valence-corrected chi connectivity index (χ2v) is 4.74. The van der Waals surface area contributed by atoms with Crippen LogP contribution in [0.4, 0.5) is 0 Å². The summed E-state index contributed by atoms with van der Waals surface area (Å²) < 4.78 is 7.24. The standard InChI is InChI=1S/C17H17N3O2/c1-20-11-10-19-17(20)16(21)8-7-14-5-4-6-15(13-14)22-12-3-2-9-18/h4-8,10-11,13H,2-3,12H2,1H3/b8-7+. The van der Waals surface area contributed by atoms with E-state index < -0.39 is 0 Å². The number of aryl methyl sites for hydroxylation is 1. The average Bonchev–Trinajstić information content (AvgIpc) is 2.96. The predicted molar refractivity (Wildman–Crippen MR) is 83.4 cm³/mol. The average molecular weight is 295 g/mol. The summed E-state index contributed by atoms with van der Waals surface area (Å²) in [6.45, 7) is 0.507. The summed E-state index contributed by atoms with van der Waals surface area (Å²) in [7, 11) is 1.78. The molecule has 5 nitrogen and oxygen atoms in total. The fourth-order valence-corrected chi connectivity index (χ4v) is 1.90. The number of carbonyl (C=O) groups excluding carboxylic acids is 1. The number of nitrogens with zero attached hydrogens (tertiary/aromatic N) is 3. The van der Waals surface area contributed by atoms with E-state index in [1.807, 2.05) is 24.3 Å². The van der Waals surface area contributed by atoms with Gasteiger partial charge in [0.25, 0.3) is 0 Å². The molecule has 112 valence electrons. The minimum absolute atomic E-state index is 0.146. The number of ether oxygens (including phenoxy) is 1. The van der Waals surface area contributed by atoms with Crippen molar-refractivity contribution in [3.05, 3.63) is 54.1 Å². The Morgan fingerprint density at radius 3 is 3.09 bits per heavy atom. The Bertz CT molecular complexity index is 711. The molecule has 1 aromatic carbocycles. The predicted octanol–water partition coefficient (Wildman–Crippen LogP) is 3.00. The maximum atomic E-state index is 12.0. The van der Waals surface area contributed by atoms with Gasteiger partial charge in [-0.25, -0.2) is 4.98 Å². The van der Waals surface area contributed by atoms with Crippen LogP contribution in [-0.4, -0.2) is 21.9 Å². The first-order valence-electron chi connectivity index (χ1n) is 7.00. The van der Waals surface area contributed by atoms with Crippen LogP contribution in [-0.2, 0) is 7.05 Å². The van der Waals surface area contributed by atoms with Crippen molar-refractivity contribution in [3.8, 4) is 11.8 Å². The van der Waals surface area contributed by atoms with Gasteiger partial charge >= 0.3 is 0 Å². The molecule has 0 radical (unpaired) electrons. The number of allylic oxidation sites excluding steroid dienone is 1. The van der Waals surface area contributed by atoms with Gasteiger partial charge in [0, 0.05) is 25.9 Å². The molecule has 1 aromatic heterocycles. The van der Waals surface area contributed by atoms with E-state index >= 15 is 0 Å². The van der Waals surface area contributed by atoms with E-state index in [-0.39, 0.29) is 5.78 Å². The molecule has 0 saturated carbocycles. The monoisotopic (exact) mass is 295 g/mol. The molecule has 2 aromatic rings. The smallest absolute Gasteiger partial charge is 0.221 e. The van der Waals surface area contributed by atoms with Crippen molar-refractivity contribution in [3.63, 3.8) is 0 Å². The Morgan fingerprint density at radius 2 is 2.36 bits per heavy atom. The quantitative estimate of drug-likeness (QED) is 0.447. The molecule has 5 heteroatoms. The SMILES string of the molecule is Cn1ccnc1C(=O)/C=C/c1cccc(OCCCC#N)c1. The van der Waals surface area contributed by atoms with E-state index in [0.29, 0.717) is 25.3 Å². The van der Waals surface area contributed by atoms with Crippen LogP contribution >= 0.6 is 0 Å². The van der Waals surface area contributed by atoms with Gasteiger partial charge in [0.15, 0.2) is 5.82 Å². The van der Waals surface area contributed by atoms with Crippen LogP contribution in [0.2, 0.25) is 0 Å². The number of carbonyl (C=O) groups is 1. The Kier molecular flexibility index (Phi) is 5.50. The third kappa shape index (κ3) is 4.32. The topological polar surface area (TPSA) is 67.9 Å². The summed E-state index contributed by atoms with van der Waals surface area (Å²) >= 11 is 0. The van der Waals surface area contributed by atoms with Gasteiger partial charge in [-0.3, -0.25) is 4.79 Å². The molecule has 0 aliphatic heterocycles. The fraction of sp³-hybridized carbons (Fsp3) is 0.235. The highest BCUT2D eigenvalue weighted by atomic mass is 16.5. The number of aromatic nitrogens is 2. The van der Waals surface area contributed by atoms with E-state index in [2.05, 4.69) is 11.1 Å².